The van der Waals surface area contributed by atoms with Gasteiger partial charge < -0.3 is 26.2 Å². The number of carbonyl (C=O) groups is 2. The van der Waals surface area contributed by atoms with Gasteiger partial charge in [-0.25, -0.2) is 4.79 Å². The highest BCUT2D eigenvalue weighted by atomic mass is 16.5. The lowest BCUT2D eigenvalue weighted by atomic mass is 10.1. The summed E-state index contributed by atoms with van der Waals surface area (Å²) in [6, 6.07) is 19.0. The molecule has 3 amide bonds. The van der Waals surface area contributed by atoms with Gasteiger partial charge in [-0.3, -0.25) is 4.79 Å². The van der Waals surface area contributed by atoms with Gasteiger partial charge in [0, 0.05) is 17.1 Å². The van der Waals surface area contributed by atoms with Crippen molar-refractivity contribution in [1.82, 2.24) is 5.16 Å². The van der Waals surface area contributed by atoms with Gasteiger partial charge in [0.1, 0.15) is 0 Å². The molecule has 0 bridgehead atoms. The van der Waals surface area contributed by atoms with Gasteiger partial charge >= 0.3 is 6.03 Å². The molecule has 30 heavy (non-hydrogen) atoms. The van der Waals surface area contributed by atoms with Gasteiger partial charge in [0.15, 0.2) is 11.4 Å². The zero-order chi connectivity index (χ0) is 21.1. The predicted molar refractivity (Wildman–Crippen MR) is 117 cm³/mol. The summed E-state index contributed by atoms with van der Waals surface area (Å²) in [5.74, 6) is -0.177. The van der Waals surface area contributed by atoms with Crippen molar-refractivity contribution in [2.75, 3.05) is 21.7 Å². The average molecular weight is 401 g/mol. The molecule has 8 heteroatoms. The fourth-order valence-electron chi connectivity index (χ4n) is 3.06. The number of urea groups is 1. The van der Waals surface area contributed by atoms with Crippen LogP contribution in [0.1, 0.15) is 15.9 Å². The number of aryl methyl sites for hydroxylation is 1. The van der Waals surface area contributed by atoms with Gasteiger partial charge in [-0.05, 0) is 61.0 Å². The van der Waals surface area contributed by atoms with Gasteiger partial charge in [-0.15, -0.1) is 0 Å². The van der Waals surface area contributed by atoms with Gasteiger partial charge in [-0.1, -0.05) is 23.4 Å². The molecule has 0 aliphatic rings. The number of hydrogen-bond donors (Lipinski definition) is 4. The number of nitrogens with one attached hydrogen (secondary N) is 3. The van der Waals surface area contributed by atoms with Gasteiger partial charge in [-0.2, -0.15) is 0 Å². The van der Waals surface area contributed by atoms with Crippen LogP contribution in [0.4, 0.5) is 27.7 Å². The molecule has 1 heterocycles. The van der Waals surface area contributed by atoms with Crippen LogP contribution >= 0.6 is 0 Å². The molecule has 0 saturated carbocycles. The smallest absolute Gasteiger partial charge is 0.323 e. The molecule has 5 N–H and O–H groups in total. The zero-order valence-corrected chi connectivity index (χ0v) is 16.1. The van der Waals surface area contributed by atoms with E-state index in [2.05, 4.69) is 21.1 Å². The Morgan fingerprint density at radius 2 is 1.53 bits per heavy atom. The molecule has 8 nitrogen and oxygen atoms in total. The first-order valence-corrected chi connectivity index (χ1v) is 9.19. The van der Waals surface area contributed by atoms with E-state index in [4.69, 9.17) is 10.3 Å². The lowest BCUT2D eigenvalue weighted by molar-refractivity contribution is 0.102. The lowest BCUT2D eigenvalue weighted by Gasteiger charge is -2.10. The molecule has 3 aromatic carbocycles. The molecule has 0 atom stereocenters. The summed E-state index contributed by atoms with van der Waals surface area (Å²) < 4.78 is 5.09. The second-order valence-electron chi connectivity index (χ2n) is 6.73. The molecule has 0 aliphatic carbocycles. The Morgan fingerprint density at radius 3 is 2.27 bits per heavy atom. The molecule has 0 aliphatic heterocycles. The molecule has 1 aromatic heterocycles. The predicted octanol–water partition coefficient (Wildman–Crippen LogP) is 4.61. The van der Waals surface area contributed by atoms with Crippen molar-refractivity contribution in [3.8, 4) is 0 Å². The number of benzene rings is 3. The lowest BCUT2D eigenvalue weighted by Crippen LogP contribution is -2.19. The third kappa shape index (κ3) is 4.07. The Morgan fingerprint density at radius 1 is 0.867 bits per heavy atom. The molecular formula is C22H19N5O3. The van der Waals surface area contributed by atoms with Crippen LogP contribution in [0.25, 0.3) is 11.0 Å². The van der Waals surface area contributed by atoms with Gasteiger partial charge in [0.2, 0.25) is 0 Å². The van der Waals surface area contributed by atoms with E-state index in [-0.39, 0.29) is 17.8 Å². The number of fused-ring (bicyclic) bond motifs is 1. The first kappa shape index (κ1) is 19.0. The van der Waals surface area contributed by atoms with Crippen LogP contribution in [0.3, 0.4) is 0 Å². The summed E-state index contributed by atoms with van der Waals surface area (Å²) in [5.41, 5.74) is 9.53. The van der Waals surface area contributed by atoms with E-state index in [9.17, 15) is 9.59 Å². The first-order chi connectivity index (χ1) is 14.5. The number of nitrogens with zero attached hydrogens (tertiary/aromatic N) is 1. The quantitative estimate of drug-likeness (QED) is 0.398. The second kappa shape index (κ2) is 7.96. The van der Waals surface area contributed by atoms with Crippen LogP contribution in [-0.2, 0) is 0 Å². The summed E-state index contributed by atoms with van der Waals surface area (Å²) in [4.78, 5) is 24.8. The summed E-state index contributed by atoms with van der Waals surface area (Å²) in [6.45, 7) is 1.95. The number of anilines is 4. The number of aromatic nitrogens is 1. The maximum absolute atomic E-state index is 12.7. The number of carbonyl (C=O) groups excluding carboxylic acids is 2. The maximum Gasteiger partial charge on any atom is 0.323 e. The minimum Gasteiger partial charge on any atom is -0.380 e. The first-order valence-electron chi connectivity index (χ1n) is 9.19. The van der Waals surface area contributed by atoms with Crippen molar-refractivity contribution in [1.29, 1.82) is 0 Å². The van der Waals surface area contributed by atoms with Crippen molar-refractivity contribution >= 4 is 45.8 Å². The molecule has 4 aromatic rings. The van der Waals surface area contributed by atoms with Gasteiger partial charge in [0.05, 0.1) is 10.9 Å². The summed E-state index contributed by atoms with van der Waals surface area (Å²) >= 11 is 0. The number of nitrogen functional groups attached to an aromatic ring is 1. The van der Waals surface area contributed by atoms with Crippen LogP contribution < -0.4 is 21.7 Å². The minimum atomic E-state index is -0.355. The van der Waals surface area contributed by atoms with E-state index in [1.165, 1.54) is 0 Å². The van der Waals surface area contributed by atoms with Crippen molar-refractivity contribution in [2.45, 2.75) is 6.92 Å². The third-order valence-corrected chi connectivity index (χ3v) is 4.45. The fraction of sp³-hybridized carbons (Fsp3) is 0.0455. The number of rotatable bonds is 4. The number of nitrogens with two attached hydrogens (primary N) is 1. The van der Waals surface area contributed by atoms with Crippen LogP contribution in [-0.4, -0.2) is 17.1 Å². The fourth-order valence-corrected chi connectivity index (χ4v) is 3.06. The highest BCUT2D eigenvalue weighted by molar-refractivity contribution is 6.14. The molecule has 0 spiro atoms. The van der Waals surface area contributed by atoms with E-state index in [0.29, 0.717) is 33.6 Å². The maximum atomic E-state index is 12.7. The van der Waals surface area contributed by atoms with Crippen LogP contribution in [0.15, 0.2) is 71.3 Å². The Kier molecular flexibility index (Phi) is 5.04. The molecule has 0 fully saturated rings. The Balaban J connectivity index is 1.41. The van der Waals surface area contributed by atoms with Crippen LogP contribution in [0, 0.1) is 6.92 Å². The highest BCUT2D eigenvalue weighted by Crippen LogP contribution is 2.25. The summed E-state index contributed by atoms with van der Waals surface area (Å²) in [7, 11) is 0. The van der Waals surface area contributed by atoms with Crippen LogP contribution in [0.5, 0.6) is 0 Å². The van der Waals surface area contributed by atoms with E-state index in [1.54, 1.807) is 42.5 Å². The van der Waals surface area contributed by atoms with Crippen molar-refractivity contribution < 1.29 is 14.1 Å². The highest BCUT2D eigenvalue weighted by Gasteiger charge is 2.16. The largest absolute Gasteiger partial charge is 0.380 e. The number of hydrogen-bond acceptors (Lipinski definition) is 5. The minimum absolute atomic E-state index is 0.162. The molecule has 0 radical (unpaired) electrons. The molecule has 150 valence electrons. The second-order valence-corrected chi connectivity index (χ2v) is 6.73. The average Bonchev–Trinajstić information content (AvgIpc) is 3.10. The van der Waals surface area contributed by atoms with E-state index in [0.717, 1.165) is 5.56 Å². The topological polar surface area (TPSA) is 122 Å². The Labute approximate surface area is 172 Å². The molecular weight excluding hydrogens is 382 g/mol. The Hall–Kier alpha value is -4.33. The third-order valence-electron chi connectivity index (χ3n) is 4.45. The van der Waals surface area contributed by atoms with Crippen molar-refractivity contribution in [3.05, 3.63) is 77.9 Å². The standard InChI is InChI=1S/C22H19N5O3/c1-13-4-2-5-16(12-13)26-22(29)25-15-10-8-14(9-11-15)24-21(28)17-6-3-7-18-19(17)20(23)27-30-18/h2-12H,1H3,(H2,23,27)(H,24,28)(H2,25,26,29). The van der Waals surface area contributed by atoms with Crippen LogP contribution in [0.2, 0.25) is 0 Å². The summed E-state index contributed by atoms with van der Waals surface area (Å²) in [6.07, 6.45) is 0. The molecule has 4 rings (SSSR count). The van der Waals surface area contributed by atoms with E-state index < -0.39 is 0 Å². The zero-order valence-electron chi connectivity index (χ0n) is 16.1. The van der Waals surface area contributed by atoms with Crippen molar-refractivity contribution in [3.63, 3.8) is 0 Å². The normalized spacial score (nSPS) is 10.6. The Bertz CT molecular complexity index is 1230. The SMILES string of the molecule is Cc1cccc(NC(=O)Nc2ccc(NC(=O)c3cccc4onc(N)c34)cc2)c1. The molecule has 0 unspecified atom stereocenters. The summed E-state index contributed by atoms with van der Waals surface area (Å²) in [5, 5.41) is 12.5. The van der Waals surface area contributed by atoms with E-state index in [1.807, 2.05) is 31.2 Å². The van der Waals surface area contributed by atoms with Gasteiger partial charge in [0.25, 0.3) is 5.91 Å². The van der Waals surface area contributed by atoms with E-state index >= 15 is 0 Å². The van der Waals surface area contributed by atoms with Crippen molar-refractivity contribution in [2.24, 2.45) is 0 Å². The monoisotopic (exact) mass is 401 g/mol. The number of amides is 3. The molecule has 0 saturated heterocycles.